The zero-order valence-corrected chi connectivity index (χ0v) is 12.4. The Hall–Kier alpha value is -1.98. The number of hydrogen-bond acceptors (Lipinski definition) is 4. The van der Waals surface area contributed by atoms with Gasteiger partial charge in [0.25, 0.3) is 0 Å². The fourth-order valence-electron chi connectivity index (χ4n) is 1.75. The Morgan fingerprint density at radius 2 is 1.90 bits per heavy atom. The third-order valence-electron chi connectivity index (χ3n) is 2.77. The normalized spacial score (nSPS) is 10.3. The molecule has 4 nitrogen and oxygen atoms in total. The molecule has 0 aliphatic heterocycles. The van der Waals surface area contributed by atoms with E-state index >= 15 is 0 Å². The smallest absolute Gasteiger partial charge is 0.340 e. The molecule has 0 atom stereocenters. The SMILES string of the molecule is COC(=O)c1cccc(Nc2cc(Cl)c(F)c(Cl)c2)c1N. The van der Waals surface area contributed by atoms with E-state index in [1.54, 1.807) is 12.1 Å². The number of nitrogens with one attached hydrogen (secondary N) is 1. The van der Waals surface area contributed by atoms with Crippen molar-refractivity contribution in [3.8, 4) is 0 Å². The van der Waals surface area contributed by atoms with Crippen molar-refractivity contribution in [2.45, 2.75) is 0 Å². The van der Waals surface area contributed by atoms with Crippen molar-refractivity contribution in [1.82, 2.24) is 0 Å². The van der Waals surface area contributed by atoms with Gasteiger partial charge >= 0.3 is 5.97 Å². The fraction of sp³-hybridized carbons (Fsp3) is 0.0714. The molecule has 21 heavy (non-hydrogen) atoms. The largest absolute Gasteiger partial charge is 0.465 e. The lowest BCUT2D eigenvalue weighted by Gasteiger charge is -2.13. The standard InChI is InChI=1S/C14H11Cl2FN2O2/c1-21-14(20)8-3-2-4-11(13(8)18)19-7-5-9(15)12(17)10(16)6-7/h2-6,19H,18H2,1H3. The van der Waals surface area contributed by atoms with Crippen LogP contribution in [0, 0.1) is 5.82 Å². The van der Waals surface area contributed by atoms with Gasteiger partial charge in [-0.2, -0.15) is 0 Å². The topological polar surface area (TPSA) is 64.3 Å². The van der Waals surface area contributed by atoms with E-state index < -0.39 is 11.8 Å². The van der Waals surface area contributed by atoms with E-state index in [0.717, 1.165) is 0 Å². The second-order valence-electron chi connectivity index (χ2n) is 4.14. The van der Waals surface area contributed by atoms with Gasteiger partial charge in [0.2, 0.25) is 0 Å². The molecule has 2 aromatic carbocycles. The van der Waals surface area contributed by atoms with E-state index in [1.807, 2.05) is 0 Å². The van der Waals surface area contributed by atoms with E-state index in [9.17, 15) is 9.18 Å². The molecular formula is C14H11Cl2FN2O2. The lowest BCUT2D eigenvalue weighted by Crippen LogP contribution is -2.07. The number of ether oxygens (including phenoxy) is 1. The Kier molecular flexibility index (Phi) is 4.55. The summed E-state index contributed by atoms with van der Waals surface area (Å²) in [5, 5.41) is 2.70. The van der Waals surface area contributed by atoms with Gasteiger partial charge in [0.15, 0.2) is 5.82 Å². The molecule has 3 N–H and O–H groups in total. The van der Waals surface area contributed by atoms with E-state index in [2.05, 4.69) is 10.1 Å². The minimum Gasteiger partial charge on any atom is -0.465 e. The van der Waals surface area contributed by atoms with Crippen molar-refractivity contribution >= 4 is 46.2 Å². The molecule has 0 bridgehead atoms. The summed E-state index contributed by atoms with van der Waals surface area (Å²) in [5.74, 6) is -1.24. The summed E-state index contributed by atoms with van der Waals surface area (Å²) < 4.78 is 18.0. The summed E-state index contributed by atoms with van der Waals surface area (Å²) >= 11 is 11.4. The van der Waals surface area contributed by atoms with Crippen LogP contribution in [0.25, 0.3) is 0 Å². The minimum atomic E-state index is -0.694. The summed E-state index contributed by atoms with van der Waals surface area (Å²) in [6.45, 7) is 0. The minimum absolute atomic E-state index is 0.118. The number of carbonyl (C=O) groups is 1. The lowest BCUT2D eigenvalue weighted by atomic mass is 10.1. The van der Waals surface area contributed by atoms with Crippen LogP contribution in [0.2, 0.25) is 10.0 Å². The Labute approximate surface area is 130 Å². The summed E-state index contributed by atoms with van der Waals surface area (Å²) in [5.41, 5.74) is 7.24. The van der Waals surface area contributed by atoms with E-state index in [4.69, 9.17) is 28.9 Å². The molecular weight excluding hydrogens is 318 g/mol. The number of nitrogens with two attached hydrogens (primary N) is 1. The highest BCUT2D eigenvalue weighted by atomic mass is 35.5. The zero-order chi connectivity index (χ0) is 15.6. The number of para-hydroxylation sites is 1. The highest BCUT2D eigenvalue weighted by molar-refractivity contribution is 6.35. The number of hydrogen-bond donors (Lipinski definition) is 2. The first-order valence-electron chi connectivity index (χ1n) is 5.82. The fourth-order valence-corrected chi connectivity index (χ4v) is 2.23. The van der Waals surface area contributed by atoms with Gasteiger partial charge < -0.3 is 15.8 Å². The van der Waals surface area contributed by atoms with Crippen LogP contribution in [0.5, 0.6) is 0 Å². The average molecular weight is 329 g/mol. The third-order valence-corrected chi connectivity index (χ3v) is 3.32. The molecule has 0 amide bonds. The molecule has 110 valence electrons. The maximum atomic E-state index is 13.4. The van der Waals surface area contributed by atoms with Crippen LogP contribution in [-0.4, -0.2) is 13.1 Å². The lowest BCUT2D eigenvalue weighted by molar-refractivity contribution is 0.0602. The molecule has 2 aromatic rings. The highest BCUT2D eigenvalue weighted by Gasteiger charge is 2.14. The van der Waals surface area contributed by atoms with Crippen molar-refractivity contribution in [3.05, 3.63) is 51.8 Å². The number of rotatable bonds is 3. The van der Waals surface area contributed by atoms with Gasteiger partial charge in [0, 0.05) is 5.69 Å². The quantitative estimate of drug-likeness (QED) is 0.502. The summed E-state index contributed by atoms with van der Waals surface area (Å²) in [7, 11) is 1.27. The van der Waals surface area contributed by atoms with Gasteiger partial charge in [-0.3, -0.25) is 0 Å². The first kappa shape index (κ1) is 15.4. The Balaban J connectivity index is 2.38. The molecule has 7 heteroatoms. The van der Waals surface area contributed by atoms with E-state index in [-0.39, 0.29) is 21.3 Å². The number of anilines is 3. The van der Waals surface area contributed by atoms with Crippen molar-refractivity contribution in [2.75, 3.05) is 18.2 Å². The number of halogens is 3. The number of benzene rings is 2. The van der Waals surface area contributed by atoms with Crippen LogP contribution >= 0.6 is 23.2 Å². The maximum Gasteiger partial charge on any atom is 0.340 e. The molecule has 0 spiro atoms. The first-order chi connectivity index (χ1) is 9.93. The number of methoxy groups -OCH3 is 1. The van der Waals surface area contributed by atoms with Crippen molar-refractivity contribution < 1.29 is 13.9 Å². The van der Waals surface area contributed by atoms with Crippen LogP contribution < -0.4 is 11.1 Å². The second-order valence-corrected chi connectivity index (χ2v) is 4.95. The summed E-state index contributed by atoms with van der Waals surface area (Å²) in [4.78, 5) is 11.6. The van der Waals surface area contributed by atoms with Gasteiger partial charge in [0.05, 0.1) is 34.1 Å². The molecule has 2 rings (SSSR count). The van der Waals surface area contributed by atoms with Gasteiger partial charge in [-0.15, -0.1) is 0 Å². The third kappa shape index (κ3) is 3.20. The van der Waals surface area contributed by atoms with Crippen molar-refractivity contribution in [3.63, 3.8) is 0 Å². The molecule has 0 aromatic heterocycles. The van der Waals surface area contributed by atoms with Gasteiger partial charge in [-0.05, 0) is 24.3 Å². The predicted molar refractivity (Wildman–Crippen MR) is 81.9 cm³/mol. The van der Waals surface area contributed by atoms with Crippen LogP contribution in [0.3, 0.4) is 0 Å². The molecule has 0 saturated heterocycles. The maximum absolute atomic E-state index is 13.4. The predicted octanol–water partition coefficient (Wildman–Crippen LogP) is 4.24. The Morgan fingerprint density at radius 1 is 1.29 bits per heavy atom. The molecule has 0 unspecified atom stereocenters. The number of esters is 1. The molecule has 0 heterocycles. The molecule has 0 aliphatic carbocycles. The number of carbonyl (C=O) groups excluding carboxylic acids is 1. The molecule has 0 radical (unpaired) electrons. The van der Waals surface area contributed by atoms with Gasteiger partial charge in [-0.25, -0.2) is 9.18 Å². The first-order valence-corrected chi connectivity index (χ1v) is 6.58. The van der Waals surface area contributed by atoms with Crippen LogP contribution in [0.15, 0.2) is 30.3 Å². The van der Waals surface area contributed by atoms with Gasteiger partial charge in [-0.1, -0.05) is 29.3 Å². The Bertz CT molecular complexity index is 684. The van der Waals surface area contributed by atoms with Crippen LogP contribution in [0.4, 0.5) is 21.5 Å². The van der Waals surface area contributed by atoms with Crippen molar-refractivity contribution in [2.24, 2.45) is 0 Å². The summed E-state index contributed by atoms with van der Waals surface area (Å²) in [6, 6.07) is 7.57. The Morgan fingerprint density at radius 3 is 2.48 bits per heavy atom. The second kappa shape index (κ2) is 6.20. The number of nitrogen functional groups attached to an aromatic ring is 1. The molecule has 0 fully saturated rings. The van der Waals surface area contributed by atoms with Crippen molar-refractivity contribution in [1.29, 1.82) is 0 Å². The van der Waals surface area contributed by atoms with Crippen LogP contribution in [-0.2, 0) is 4.74 Å². The van der Waals surface area contributed by atoms with E-state index in [1.165, 1.54) is 25.3 Å². The molecule has 0 saturated carbocycles. The molecule has 0 aliphatic rings. The monoisotopic (exact) mass is 328 g/mol. The van der Waals surface area contributed by atoms with E-state index in [0.29, 0.717) is 11.4 Å². The summed E-state index contributed by atoms with van der Waals surface area (Å²) in [6.07, 6.45) is 0. The van der Waals surface area contributed by atoms with Crippen LogP contribution in [0.1, 0.15) is 10.4 Å². The van der Waals surface area contributed by atoms with Gasteiger partial charge in [0.1, 0.15) is 0 Å². The highest BCUT2D eigenvalue weighted by Crippen LogP contribution is 2.31. The zero-order valence-electron chi connectivity index (χ0n) is 10.9. The average Bonchev–Trinajstić information content (AvgIpc) is 2.46.